The Kier molecular flexibility index (Phi) is 20.9. The second-order valence-corrected chi connectivity index (χ2v) is 9.48. The van der Waals surface area contributed by atoms with Crippen LogP contribution >= 0.6 is 0 Å². The molecule has 0 aromatic carbocycles. The van der Waals surface area contributed by atoms with Crippen molar-refractivity contribution < 1.29 is 23.5 Å². The third kappa shape index (κ3) is 17.6. The first-order valence-corrected chi connectivity index (χ1v) is 13.7. The molecule has 0 fully saturated rings. The fourth-order valence-corrected chi connectivity index (χ4v) is 4.00. The van der Waals surface area contributed by atoms with Gasteiger partial charge in [-0.1, -0.05) is 64.8 Å². The highest BCUT2D eigenvalue weighted by molar-refractivity contribution is 5.81. The SMILES string of the molecule is C=C(/C=C\C(=C)OCCOCCOCC[N+](CCCC)(CCCC)CCCC)CC(NC)C(C)=O. The summed E-state index contributed by atoms with van der Waals surface area (Å²) in [6.45, 7) is 24.1. The van der Waals surface area contributed by atoms with E-state index in [4.69, 9.17) is 14.2 Å². The summed E-state index contributed by atoms with van der Waals surface area (Å²) in [7, 11) is 1.78. The molecule has 0 amide bonds. The van der Waals surface area contributed by atoms with Crippen molar-refractivity contribution in [2.45, 2.75) is 78.7 Å². The molecule has 1 N–H and O–H groups in total. The summed E-state index contributed by atoms with van der Waals surface area (Å²) in [5, 5.41) is 2.99. The van der Waals surface area contributed by atoms with Crippen LogP contribution in [0.25, 0.3) is 0 Å². The molecule has 0 heterocycles. The minimum absolute atomic E-state index is 0.0983. The number of carbonyl (C=O) groups excluding carboxylic acids is 1. The number of carbonyl (C=O) groups is 1. The number of rotatable bonds is 25. The van der Waals surface area contributed by atoms with Crippen LogP contribution in [0.4, 0.5) is 0 Å². The number of hydrogen-bond donors (Lipinski definition) is 1. The smallest absolute Gasteiger partial charge is 0.147 e. The Morgan fingerprint density at radius 3 is 1.83 bits per heavy atom. The lowest BCUT2D eigenvalue weighted by molar-refractivity contribution is -0.929. The number of unbranched alkanes of at least 4 members (excludes halogenated alkanes) is 3. The first-order valence-electron chi connectivity index (χ1n) is 13.7. The molecule has 0 aromatic heterocycles. The van der Waals surface area contributed by atoms with Gasteiger partial charge in [-0.3, -0.25) is 4.79 Å². The fraction of sp³-hybridized carbons (Fsp3) is 0.759. The van der Waals surface area contributed by atoms with Crippen LogP contribution in [0, 0.1) is 0 Å². The number of hydrogen-bond acceptors (Lipinski definition) is 5. The van der Waals surface area contributed by atoms with E-state index in [1.54, 1.807) is 20.0 Å². The molecule has 0 rings (SSSR count). The Morgan fingerprint density at radius 2 is 1.34 bits per heavy atom. The maximum atomic E-state index is 11.5. The van der Waals surface area contributed by atoms with Gasteiger partial charge in [-0.05, 0) is 45.7 Å². The van der Waals surface area contributed by atoms with Crippen LogP contribution in [-0.2, 0) is 19.0 Å². The monoisotopic (exact) mass is 495 g/mol. The normalized spacial score (nSPS) is 12.7. The number of nitrogens with one attached hydrogen (secondary N) is 1. The average molecular weight is 496 g/mol. The van der Waals surface area contributed by atoms with Crippen molar-refractivity contribution >= 4 is 5.78 Å². The number of likely N-dealkylation sites (N-methyl/N-ethyl adjacent to an activating group) is 1. The molecule has 6 nitrogen and oxygen atoms in total. The predicted molar refractivity (Wildman–Crippen MR) is 148 cm³/mol. The van der Waals surface area contributed by atoms with Crippen LogP contribution in [0.2, 0.25) is 0 Å². The second kappa shape index (κ2) is 21.8. The zero-order valence-corrected chi connectivity index (χ0v) is 23.5. The summed E-state index contributed by atoms with van der Waals surface area (Å²) in [6, 6.07) is -0.212. The van der Waals surface area contributed by atoms with E-state index in [-0.39, 0.29) is 11.8 Å². The van der Waals surface area contributed by atoms with Gasteiger partial charge >= 0.3 is 0 Å². The van der Waals surface area contributed by atoms with Gasteiger partial charge in [0, 0.05) is 0 Å². The van der Waals surface area contributed by atoms with Gasteiger partial charge in [0.1, 0.15) is 24.7 Å². The first kappa shape index (κ1) is 33.5. The van der Waals surface area contributed by atoms with Crippen molar-refractivity contribution in [3.05, 3.63) is 36.6 Å². The van der Waals surface area contributed by atoms with Gasteiger partial charge in [0.05, 0.1) is 52.1 Å². The number of nitrogens with zero attached hydrogens (tertiary/aromatic N) is 1. The predicted octanol–water partition coefficient (Wildman–Crippen LogP) is 5.45. The van der Waals surface area contributed by atoms with Crippen LogP contribution in [0.15, 0.2) is 36.6 Å². The summed E-state index contributed by atoms with van der Waals surface area (Å²) < 4.78 is 18.4. The molecule has 6 heteroatoms. The standard InChI is InChI=1S/C29H55N2O4/c1-8-11-16-31(17-12-9-2,18-13-10-3)19-20-33-21-22-34-23-24-35-27(5)15-14-26(4)25-29(30-7)28(6)32/h14-15,29-30H,4-5,8-13,16-25H2,1-3,6-7H3/q+1/b15-14-. The Bertz CT molecular complexity index is 582. The molecule has 0 spiro atoms. The van der Waals surface area contributed by atoms with E-state index in [0.29, 0.717) is 38.6 Å². The molecular formula is C29H55N2O4+. The molecule has 0 aromatic rings. The van der Waals surface area contributed by atoms with Gasteiger partial charge in [-0.2, -0.15) is 0 Å². The summed E-state index contributed by atoms with van der Waals surface area (Å²) in [6.07, 6.45) is 11.8. The van der Waals surface area contributed by atoms with E-state index < -0.39 is 0 Å². The highest BCUT2D eigenvalue weighted by atomic mass is 16.5. The zero-order chi connectivity index (χ0) is 26.4. The molecule has 204 valence electrons. The molecule has 0 aliphatic carbocycles. The molecule has 0 radical (unpaired) electrons. The van der Waals surface area contributed by atoms with Gasteiger partial charge in [-0.15, -0.1) is 0 Å². The lowest BCUT2D eigenvalue weighted by atomic mass is 10.0. The number of quaternary nitrogens is 1. The van der Waals surface area contributed by atoms with Crippen LogP contribution in [0.3, 0.4) is 0 Å². The minimum atomic E-state index is -0.212. The van der Waals surface area contributed by atoms with E-state index >= 15 is 0 Å². The zero-order valence-electron chi connectivity index (χ0n) is 23.5. The number of ether oxygens (including phenoxy) is 3. The number of Topliss-reactive ketones (excluding diaryl/α,β-unsaturated/α-hetero) is 1. The molecule has 0 saturated heterocycles. The number of ketones is 1. The van der Waals surface area contributed by atoms with Crippen molar-refractivity contribution in [2.24, 2.45) is 0 Å². The van der Waals surface area contributed by atoms with Gasteiger partial charge in [0.2, 0.25) is 0 Å². The molecule has 0 aliphatic rings. The maximum Gasteiger partial charge on any atom is 0.147 e. The molecule has 0 aliphatic heterocycles. The highest BCUT2D eigenvalue weighted by Crippen LogP contribution is 2.15. The minimum Gasteiger partial charge on any atom is -0.492 e. The molecule has 0 bridgehead atoms. The molecule has 0 saturated carbocycles. The third-order valence-electron chi connectivity index (χ3n) is 6.37. The van der Waals surface area contributed by atoms with Crippen LogP contribution in [0.1, 0.15) is 72.6 Å². The quantitative estimate of drug-likeness (QED) is 0.0790. The highest BCUT2D eigenvalue weighted by Gasteiger charge is 2.25. The van der Waals surface area contributed by atoms with Crippen molar-refractivity contribution in [1.29, 1.82) is 0 Å². The summed E-state index contributed by atoms with van der Waals surface area (Å²) in [5.74, 6) is 0.649. The van der Waals surface area contributed by atoms with E-state index in [9.17, 15) is 4.79 Å². The Morgan fingerprint density at radius 1 is 0.829 bits per heavy atom. The summed E-state index contributed by atoms with van der Waals surface area (Å²) >= 11 is 0. The maximum absolute atomic E-state index is 11.5. The van der Waals surface area contributed by atoms with Crippen molar-refractivity contribution in [2.75, 3.05) is 66.3 Å². The Labute approximate surface area is 216 Å². The van der Waals surface area contributed by atoms with Gasteiger partial charge < -0.3 is 24.0 Å². The lowest BCUT2D eigenvalue weighted by Gasteiger charge is -2.39. The Hall–Kier alpha value is -1.47. The largest absolute Gasteiger partial charge is 0.492 e. The molecule has 1 unspecified atom stereocenters. The van der Waals surface area contributed by atoms with Gasteiger partial charge in [0.25, 0.3) is 0 Å². The van der Waals surface area contributed by atoms with Gasteiger partial charge in [0.15, 0.2) is 0 Å². The van der Waals surface area contributed by atoms with Crippen molar-refractivity contribution in [3.63, 3.8) is 0 Å². The number of allylic oxidation sites excluding steroid dienone is 2. The van der Waals surface area contributed by atoms with Gasteiger partial charge in [-0.25, -0.2) is 0 Å². The van der Waals surface area contributed by atoms with E-state index in [0.717, 1.165) is 18.7 Å². The average Bonchev–Trinajstić information content (AvgIpc) is 2.85. The van der Waals surface area contributed by atoms with E-state index in [2.05, 4.69) is 39.2 Å². The molecular weight excluding hydrogens is 440 g/mol. The van der Waals surface area contributed by atoms with Crippen LogP contribution < -0.4 is 5.32 Å². The molecule has 35 heavy (non-hydrogen) atoms. The molecule has 1 atom stereocenters. The van der Waals surface area contributed by atoms with E-state index in [1.165, 1.54) is 62.6 Å². The van der Waals surface area contributed by atoms with Crippen LogP contribution in [-0.4, -0.2) is 82.6 Å². The fourth-order valence-electron chi connectivity index (χ4n) is 4.00. The Balaban J connectivity index is 4.10. The first-order chi connectivity index (χ1) is 16.8. The topological polar surface area (TPSA) is 56.8 Å². The summed E-state index contributed by atoms with van der Waals surface area (Å²) in [5.41, 5.74) is 0.847. The lowest BCUT2D eigenvalue weighted by Crippen LogP contribution is -2.52. The van der Waals surface area contributed by atoms with Crippen LogP contribution in [0.5, 0.6) is 0 Å². The third-order valence-corrected chi connectivity index (χ3v) is 6.37. The summed E-state index contributed by atoms with van der Waals surface area (Å²) in [4.78, 5) is 11.5. The van der Waals surface area contributed by atoms with Crippen molar-refractivity contribution in [1.82, 2.24) is 5.32 Å². The van der Waals surface area contributed by atoms with E-state index in [1.807, 2.05) is 6.08 Å². The van der Waals surface area contributed by atoms with Crippen molar-refractivity contribution in [3.8, 4) is 0 Å². The second-order valence-electron chi connectivity index (χ2n) is 9.48.